The third-order valence-electron chi connectivity index (χ3n) is 3.02. The van der Waals surface area contributed by atoms with Crippen LogP contribution in [-0.2, 0) is 9.53 Å². The molecule has 2 aliphatic rings. The first-order valence-electron chi connectivity index (χ1n) is 5.60. The molecule has 2 saturated heterocycles. The highest BCUT2D eigenvalue weighted by atomic mass is 32.2. The van der Waals surface area contributed by atoms with E-state index in [0.717, 1.165) is 0 Å². The van der Waals surface area contributed by atoms with Gasteiger partial charge in [0, 0.05) is 12.6 Å². The van der Waals surface area contributed by atoms with Crippen molar-refractivity contribution >= 4 is 23.8 Å². The normalized spacial score (nSPS) is 33.6. The molecule has 3 unspecified atom stereocenters. The van der Waals surface area contributed by atoms with Crippen LogP contribution in [0.4, 0.5) is 4.79 Å². The fourth-order valence-electron chi connectivity index (χ4n) is 2.17. The van der Waals surface area contributed by atoms with Crippen molar-refractivity contribution in [1.29, 1.82) is 0 Å². The van der Waals surface area contributed by atoms with E-state index in [9.17, 15) is 9.59 Å². The minimum Gasteiger partial charge on any atom is -0.376 e. The monoisotopic (exact) mass is 259 g/mol. The van der Waals surface area contributed by atoms with Gasteiger partial charge >= 0.3 is 12.1 Å². The van der Waals surface area contributed by atoms with Crippen molar-refractivity contribution < 1.29 is 14.3 Å². The van der Waals surface area contributed by atoms with Gasteiger partial charge in [-0.05, 0) is 20.1 Å². The topological polar surface area (TPSA) is 70.7 Å². The predicted octanol–water partition coefficient (Wildman–Crippen LogP) is 0.155. The summed E-state index contributed by atoms with van der Waals surface area (Å²) in [5, 5.41) is 6.44. The highest BCUT2D eigenvalue weighted by molar-refractivity contribution is 7.99. The maximum absolute atomic E-state index is 11.7. The summed E-state index contributed by atoms with van der Waals surface area (Å²) >= 11 is 1.61. The fourth-order valence-corrected chi connectivity index (χ4v) is 2.71. The lowest BCUT2D eigenvalue weighted by molar-refractivity contribution is -0.154. The summed E-state index contributed by atoms with van der Waals surface area (Å²) in [4.78, 5) is 25.0. The van der Waals surface area contributed by atoms with Crippen LogP contribution in [-0.4, -0.2) is 47.5 Å². The van der Waals surface area contributed by atoms with Gasteiger partial charge in [-0.1, -0.05) is 0 Å². The second-order valence-corrected chi connectivity index (χ2v) is 5.37. The zero-order chi connectivity index (χ0) is 12.6. The third kappa shape index (κ3) is 2.27. The lowest BCUT2D eigenvalue weighted by Crippen LogP contribution is -2.70. The Kier molecular flexibility index (Phi) is 3.60. The van der Waals surface area contributed by atoms with Crippen LogP contribution in [0.2, 0.25) is 0 Å². The van der Waals surface area contributed by atoms with Crippen molar-refractivity contribution in [3.05, 3.63) is 0 Å². The van der Waals surface area contributed by atoms with E-state index in [4.69, 9.17) is 4.74 Å². The van der Waals surface area contributed by atoms with Gasteiger partial charge in [0.05, 0.1) is 0 Å². The molecule has 2 N–H and O–H groups in total. The Morgan fingerprint density at radius 2 is 2.18 bits per heavy atom. The first-order chi connectivity index (χ1) is 8.04. The predicted molar refractivity (Wildman–Crippen MR) is 64.2 cm³/mol. The average molecular weight is 259 g/mol. The Bertz CT molecular complexity index is 337. The molecule has 0 saturated carbocycles. The number of fused-ring (bicyclic) bond motifs is 1. The summed E-state index contributed by atoms with van der Waals surface area (Å²) in [6, 6.07) is -0.00351. The molecule has 0 aliphatic carbocycles. The maximum atomic E-state index is 11.7. The highest BCUT2D eigenvalue weighted by Gasteiger charge is 2.47. The molecule has 2 fully saturated rings. The summed E-state index contributed by atoms with van der Waals surface area (Å²) in [6.07, 6.45) is 1.14. The number of hydrogen-bond donors (Lipinski definition) is 2. The van der Waals surface area contributed by atoms with Crippen molar-refractivity contribution in [3.63, 3.8) is 0 Å². The number of cyclic esters (lactones) is 2. The van der Waals surface area contributed by atoms with E-state index in [1.807, 2.05) is 20.1 Å². The molecule has 17 heavy (non-hydrogen) atoms. The zero-order valence-electron chi connectivity index (χ0n) is 10.1. The van der Waals surface area contributed by atoms with Gasteiger partial charge in [-0.15, -0.1) is 11.8 Å². The number of rotatable bonds is 2. The third-order valence-corrected chi connectivity index (χ3v) is 3.79. The van der Waals surface area contributed by atoms with E-state index in [1.54, 1.807) is 16.7 Å². The molecule has 2 rings (SSSR count). The van der Waals surface area contributed by atoms with Crippen molar-refractivity contribution in [1.82, 2.24) is 15.5 Å². The van der Waals surface area contributed by atoms with E-state index >= 15 is 0 Å². The Morgan fingerprint density at radius 1 is 1.47 bits per heavy atom. The Balaban J connectivity index is 2.22. The molecule has 6 nitrogen and oxygen atoms in total. The average Bonchev–Trinajstić information content (AvgIpc) is 2.27. The van der Waals surface area contributed by atoms with E-state index < -0.39 is 12.1 Å². The van der Waals surface area contributed by atoms with Gasteiger partial charge in [0.2, 0.25) is 0 Å². The van der Waals surface area contributed by atoms with Crippen LogP contribution in [0.15, 0.2) is 0 Å². The van der Waals surface area contributed by atoms with Crippen molar-refractivity contribution in [2.24, 2.45) is 5.92 Å². The van der Waals surface area contributed by atoms with Crippen LogP contribution in [0.5, 0.6) is 0 Å². The van der Waals surface area contributed by atoms with Crippen LogP contribution in [0, 0.1) is 5.92 Å². The minimum atomic E-state index is -0.555. The summed E-state index contributed by atoms with van der Waals surface area (Å²) in [6.45, 7) is 4.34. The van der Waals surface area contributed by atoms with Gasteiger partial charge in [-0.2, -0.15) is 0 Å². The van der Waals surface area contributed by atoms with Crippen molar-refractivity contribution in [2.45, 2.75) is 31.6 Å². The van der Waals surface area contributed by atoms with Crippen LogP contribution >= 0.6 is 11.8 Å². The molecule has 2 aliphatic heterocycles. The molecule has 2 heterocycles. The van der Waals surface area contributed by atoms with E-state index in [2.05, 4.69) is 10.6 Å². The molecular weight excluding hydrogens is 242 g/mol. The molecule has 0 aromatic heterocycles. The number of amides is 1. The number of nitrogens with one attached hydrogen (secondary N) is 2. The molecular formula is C10H17N3O3S. The van der Waals surface area contributed by atoms with Crippen LogP contribution < -0.4 is 10.6 Å². The second kappa shape index (κ2) is 4.83. The molecule has 0 radical (unpaired) electrons. The van der Waals surface area contributed by atoms with Crippen molar-refractivity contribution in [3.8, 4) is 0 Å². The number of esters is 1. The van der Waals surface area contributed by atoms with Gasteiger partial charge < -0.3 is 4.74 Å². The maximum Gasteiger partial charge on any atom is 0.419 e. The Hall–Kier alpha value is -0.790. The minimum absolute atomic E-state index is 0.00351. The number of ether oxygens (including phenoxy) is 1. The molecule has 0 aromatic carbocycles. The molecule has 0 aromatic rings. The number of thioether (sulfide) groups is 1. The van der Waals surface area contributed by atoms with Gasteiger partial charge in [0.1, 0.15) is 17.6 Å². The van der Waals surface area contributed by atoms with Crippen LogP contribution in [0.1, 0.15) is 13.8 Å². The SMILES string of the molecule is CSC1NCC2C(=O)OC(=O)N(C(C)C)C2N1. The first kappa shape index (κ1) is 12.7. The fraction of sp³-hybridized carbons (Fsp3) is 0.800. The smallest absolute Gasteiger partial charge is 0.376 e. The van der Waals surface area contributed by atoms with Gasteiger partial charge in [-0.25, -0.2) is 4.79 Å². The molecule has 0 spiro atoms. The van der Waals surface area contributed by atoms with Gasteiger partial charge in [0.25, 0.3) is 0 Å². The van der Waals surface area contributed by atoms with Gasteiger partial charge in [0.15, 0.2) is 0 Å². The largest absolute Gasteiger partial charge is 0.419 e. The lowest BCUT2D eigenvalue weighted by atomic mass is 10.0. The summed E-state index contributed by atoms with van der Waals surface area (Å²) in [5.74, 6) is -0.782. The molecule has 3 atom stereocenters. The van der Waals surface area contributed by atoms with Gasteiger partial charge in [-0.3, -0.25) is 20.3 Å². The highest BCUT2D eigenvalue weighted by Crippen LogP contribution is 2.25. The lowest BCUT2D eigenvalue weighted by Gasteiger charge is -2.46. The van der Waals surface area contributed by atoms with E-state index in [1.165, 1.54) is 0 Å². The molecule has 7 heteroatoms. The number of carbonyl (C=O) groups is 2. The van der Waals surface area contributed by atoms with E-state index in [-0.39, 0.29) is 23.6 Å². The summed E-state index contributed by atoms with van der Waals surface area (Å²) in [5.41, 5.74) is 0.0520. The van der Waals surface area contributed by atoms with Crippen molar-refractivity contribution in [2.75, 3.05) is 12.8 Å². The van der Waals surface area contributed by atoms with E-state index in [0.29, 0.717) is 6.54 Å². The van der Waals surface area contributed by atoms with Crippen LogP contribution in [0.25, 0.3) is 0 Å². The number of nitrogens with zero attached hydrogens (tertiary/aromatic N) is 1. The first-order valence-corrected chi connectivity index (χ1v) is 6.89. The second-order valence-electron chi connectivity index (χ2n) is 4.43. The standard InChI is InChI=1S/C10H17N3O3S/c1-5(2)13-7-6(8(14)16-10(13)15)4-11-9(12-7)17-3/h5-7,9,11-12H,4H2,1-3H3. The molecule has 96 valence electrons. The number of hydrogen-bond acceptors (Lipinski definition) is 6. The molecule has 1 amide bonds. The zero-order valence-corrected chi connectivity index (χ0v) is 10.9. The molecule has 0 bridgehead atoms. The van der Waals surface area contributed by atoms with Crippen LogP contribution in [0.3, 0.4) is 0 Å². The Morgan fingerprint density at radius 3 is 2.76 bits per heavy atom. The Labute approximate surface area is 104 Å². The summed E-state index contributed by atoms with van der Waals surface area (Å²) in [7, 11) is 0. The quantitative estimate of drug-likeness (QED) is 0.543. The number of carbonyl (C=O) groups excluding carboxylic acids is 2. The summed E-state index contributed by atoms with van der Waals surface area (Å²) < 4.78 is 4.76.